The van der Waals surface area contributed by atoms with Gasteiger partial charge in [-0.2, -0.15) is 0 Å². The monoisotopic (exact) mass is 360 g/mol. The van der Waals surface area contributed by atoms with Crippen LogP contribution >= 0.6 is 0 Å². The zero-order chi connectivity index (χ0) is 18.5. The molecule has 0 N–H and O–H groups in total. The van der Waals surface area contributed by atoms with Crippen molar-refractivity contribution < 1.29 is 23.1 Å². The van der Waals surface area contributed by atoms with E-state index in [0.717, 1.165) is 25.9 Å². The molecule has 1 saturated heterocycles. The molecule has 2 heterocycles. The highest BCUT2D eigenvalue weighted by Crippen LogP contribution is 2.23. The van der Waals surface area contributed by atoms with Crippen molar-refractivity contribution in [3.05, 3.63) is 42.2 Å². The molecule has 0 bridgehead atoms. The van der Waals surface area contributed by atoms with E-state index in [1.54, 1.807) is 30.0 Å². The van der Waals surface area contributed by atoms with Crippen LogP contribution in [-0.2, 0) is 20.7 Å². The van der Waals surface area contributed by atoms with Gasteiger partial charge in [0.25, 0.3) is 5.91 Å². The molecule has 26 heavy (non-hydrogen) atoms. The molecule has 6 nitrogen and oxygen atoms in total. The molecule has 0 saturated carbocycles. The Morgan fingerprint density at radius 1 is 1.31 bits per heavy atom. The normalized spacial score (nSPS) is 15.1. The highest BCUT2D eigenvalue weighted by molar-refractivity contribution is 5.83. The molecular formula is C19H21FN2O4. The molecule has 138 valence electrons. The number of carbonyl (C=O) groups excluding carboxylic acids is 2. The van der Waals surface area contributed by atoms with Gasteiger partial charge < -0.3 is 14.1 Å². The number of hydrogen-bond donors (Lipinski definition) is 0. The lowest BCUT2D eigenvalue weighted by Gasteiger charge is -2.20. The van der Waals surface area contributed by atoms with Crippen LogP contribution in [0.4, 0.5) is 4.39 Å². The predicted octanol–water partition coefficient (Wildman–Crippen LogP) is 2.97. The zero-order valence-corrected chi connectivity index (χ0v) is 14.6. The van der Waals surface area contributed by atoms with Crippen LogP contribution in [0.25, 0.3) is 11.3 Å². The van der Waals surface area contributed by atoms with Gasteiger partial charge in [-0.3, -0.25) is 9.59 Å². The molecule has 2 aromatic rings. The molecule has 1 atom stereocenters. The van der Waals surface area contributed by atoms with Crippen LogP contribution in [0.15, 0.2) is 34.9 Å². The molecule has 0 radical (unpaired) electrons. The summed E-state index contributed by atoms with van der Waals surface area (Å²) in [6.07, 6.45) is 2.87. The molecule has 1 amide bonds. The molecule has 3 rings (SSSR count). The standard InChI is InChI=1S/C19H21FN2O4/c1-13(19(24)22-10-4-5-11-22)25-18(23)9-8-17-21-12-16(26-17)14-6-2-3-7-15(14)20/h2-3,6-7,12-13H,4-5,8-11H2,1H3. The van der Waals surface area contributed by atoms with Crippen molar-refractivity contribution in [1.29, 1.82) is 0 Å². The van der Waals surface area contributed by atoms with Crippen molar-refractivity contribution in [2.24, 2.45) is 0 Å². The van der Waals surface area contributed by atoms with Gasteiger partial charge in [-0.25, -0.2) is 9.37 Å². The van der Waals surface area contributed by atoms with Crippen LogP contribution in [0, 0.1) is 5.82 Å². The van der Waals surface area contributed by atoms with Gasteiger partial charge >= 0.3 is 5.97 Å². The first-order valence-corrected chi connectivity index (χ1v) is 8.72. The highest BCUT2D eigenvalue weighted by atomic mass is 19.1. The Hall–Kier alpha value is -2.70. The van der Waals surface area contributed by atoms with Crippen LogP contribution in [0.1, 0.15) is 32.1 Å². The Morgan fingerprint density at radius 3 is 2.77 bits per heavy atom. The van der Waals surface area contributed by atoms with Gasteiger partial charge in [0.15, 0.2) is 17.8 Å². The SMILES string of the molecule is CC(OC(=O)CCc1ncc(-c2ccccc2F)o1)C(=O)N1CCCC1. The van der Waals surface area contributed by atoms with Gasteiger partial charge in [0.05, 0.1) is 18.2 Å². The number of hydrogen-bond acceptors (Lipinski definition) is 5. The number of oxazole rings is 1. The van der Waals surface area contributed by atoms with Crippen LogP contribution in [0.3, 0.4) is 0 Å². The second-order valence-electron chi connectivity index (χ2n) is 6.26. The molecule has 0 aliphatic carbocycles. The Labute approximate surface area is 151 Å². The molecule has 7 heteroatoms. The summed E-state index contributed by atoms with van der Waals surface area (Å²) in [5.74, 6) is -0.420. The average Bonchev–Trinajstić information content (AvgIpc) is 3.31. The van der Waals surface area contributed by atoms with E-state index in [-0.39, 0.29) is 18.7 Å². The van der Waals surface area contributed by atoms with E-state index < -0.39 is 17.9 Å². The molecule has 1 aliphatic rings. The third kappa shape index (κ3) is 4.28. The highest BCUT2D eigenvalue weighted by Gasteiger charge is 2.26. The maximum absolute atomic E-state index is 13.7. The minimum Gasteiger partial charge on any atom is -0.453 e. The Morgan fingerprint density at radius 2 is 2.04 bits per heavy atom. The molecule has 1 aromatic carbocycles. The lowest BCUT2D eigenvalue weighted by molar-refractivity contribution is -0.158. The summed E-state index contributed by atoms with van der Waals surface area (Å²) in [4.78, 5) is 29.9. The summed E-state index contributed by atoms with van der Waals surface area (Å²) in [6, 6.07) is 6.24. The summed E-state index contributed by atoms with van der Waals surface area (Å²) in [6.45, 7) is 3.02. The van der Waals surface area contributed by atoms with Crippen molar-refractivity contribution in [3.63, 3.8) is 0 Å². The first-order chi connectivity index (χ1) is 12.5. The van der Waals surface area contributed by atoms with E-state index in [1.807, 2.05) is 0 Å². The number of ether oxygens (including phenoxy) is 1. The van der Waals surface area contributed by atoms with Gasteiger partial charge in [0.2, 0.25) is 0 Å². The topological polar surface area (TPSA) is 72.6 Å². The maximum Gasteiger partial charge on any atom is 0.307 e. The number of halogens is 1. The molecular weight excluding hydrogens is 339 g/mol. The van der Waals surface area contributed by atoms with Gasteiger partial charge in [0.1, 0.15) is 5.82 Å². The molecule has 1 aromatic heterocycles. The van der Waals surface area contributed by atoms with E-state index in [2.05, 4.69) is 4.98 Å². The average molecular weight is 360 g/mol. The lowest BCUT2D eigenvalue weighted by atomic mass is 10.2. The van der Waals surface area contributed by atoms with E-state index in [4.69, 9.17) is 9.15 Å². The summed E-state index contributed by atoms with van der Waals surface area (Å²) < 4.78 is 24.4. The number of likely N-dealkylation sites (tertiary alicyclic amines) is 1. The van der Waals surface area contributed by atoms with Gasteiger partial charge in [-0.1, -0.05) is 12.1 Å². The third-order valence-corrected chi connectivity index (χ3v) is 4.31. The summed E-state index contributed by atoms with van der Waals surface area (Å²) in [5.41, 5.74) is 0.318. The summed E-state index contributed by atoms with van der Waals surface area (Å²) >= 11 is 0. The third-order valence-electron chi connectivity index (χ3n) is 4.31. The summed E-state index contributed by atoms with van der Waals surface area (Å²) in [7, 11) is 0. The number of nitrogens with zero attached hydrogens (tertiary/aromatic N) is 2. The Kier molecular flexibility index (Phi) is 5.65. The van der Waals surface area contributed by atoms with E-state index >= 15 is 0 Å². The first-order valence-electron chi connectivity index (χ1n) is 8.72. The van der Waals surface area contributed by atoms with Gasteiger partial charge in [0, 0.05) is 19.5 Å². The zero-order valence-electron chi connectivity index (χ0n) is 14.6. The number of esters is 1. The molecule has 1 unspecified atom stereocenters. The number of amides is 1. The van der Waals surface area contributed by atoms with E-state index in [9.17, 15) is 14.0 Å². The first kappa shape index (κ1) is 18.1. The maximum atomic E-state index is 13.7. The largest absolute Gasteiger partial charge is 0.453 e. The van der Waals surface area contributed by atoms with Gasteiger partial charge in [-0.15, -0.1) is 0 Å². The quantitative estimate of drug-likeness (QED) is 0.741. The van der Waals surface area contributed by atoms with Crippen molar-refractivity contribution in [2.75, 3.05) is 13.1 Å². The van der Waals surface area contributed by atoms with Crippen molar-refractivity contribution in [1.82, 2.24) is 9.88 Å². The lowest BCUT2D eigenvalue weighted by Crippen LogP contribution is -2.38. The smallest absolute Gasteiger partial charge is 0.307 e. The molecule has 1 fully saturated rings. The van der Waals surface area contributed by atoms with Gasteiger partial charge in [-0.05, 0) is 31.9 Å². The number of aryl methyl sites for hydroxylation is 1. The van der Waals surface area contributed by atoms with Crippen molar-refractivity contribution >= 4 is 11.9 Å². The van der Waals surface area contributed by atoms with E-state index in [1.165, 1.54) is 12.3 Å². The minimum absolute atomic E-state index is 0.0366. The fourth-order valence-corrected chi connectivity index (χ4v) is 2.92. The minimum atomic E-state index is -0.792. The second kappa shape index (κ2) is 8.12. The fourth-order valence-electron chi connectivity index (χ4n) is 2.92. The van der Waals surface area contributed by atoms with Crippen LogP contribution in [0.2, 0.25) is 0 Å². The molecule has 0 spiro atoms. The Bertz CT molecular complexity index is 783. The second-order valence-corrected chi connectivity index (χ2v) is 6.26. The summed E-state index contributed by atoms with van der Waals surface area (Å²) in [5, 5.41) is 0. The van der Waals surface area contributed by atoms with E-state index in [0.29, 0.717) is 17.2 Å². The Balaban J connectivity index is 1.50. The number of carbonyl (C=O) groups is 2. The van der Waals surface area contributed by atoms with Crippen molar-refractivity contribution in [3.8, 4) is 11.3 Å². The number of benzene rings is 1. The van der Waals surface area contributed by atoms with Crippen LogP contribution in [0.5, 0.6) is 0 Å². The number of aromatic nitrogens is 1. The predicted molar refractivity (Wildman–Crippen MR) is 91.6 cm³/mol. The van der Waals surface area contributed by atoms with Crippen LogP contribution < -0.4 is 0 Å². The van der Waals surface area contributed by atoms with Crippen molar-refractivity contribution in [2.45, 2.75) is 38.7 Å². The molecule has 1 aliphatic heterocycles. The van der Waals surface area contributed by atoms with Crippen LogP contribution in [-0.4, -0.2) is 41.0 Å². The number of rotatable bonds is 6. The fraction of sp³-hybridized carbons (Fsp3) is 0.421.